The molecule has 0 saturated heterocycles. The van der Waals surface area contributed by atoms with Crippen LogP contribution in [0.1, 0.15) is 17.0 Å². The van der Waals surface area contributed by atoms with Gasteiger partial charge in [0.25, 0.3) is 0 Å². The molecule has 6 heteroatoms. The van der Waals surface area contributed by atoms with Gasteiger partial charge in [-0.2, -0.15) is 0 Å². The number of nitrogens with one attached hydrogen (secondary N) is 1. The van der Waals surface area contributed by atoms with Gasteiger partial charge in [0.2, 0.25) is 5.91 Å². The lowest BCUT2D eigenvalue weighted by Crippen LogP contribution is -2.28. The van der Waals surface area contributed by atoms with Crippen LogP contribution < -0.4 is 10.1 Å². The lowest BCUT2D eigenvalue weighted by Gasteiger charge is -2.11. The normalized spacial score (nSPS) is 10.9. The van der Waals surface area contributed by atoms with Gasteiger partial charge in [0.05, 0.1) is 24.6 Å². The summed E-state index contributed by atoms with van der Waals surface area (Å²) in [5.74, 6) is 1.75. The number of amides is 1. The van der Waals surface area contributed by atoms with Gasteiger partial charge in [-0.05, 0) is 47.5 Å². The smallest absolute Gasteiger partial charge is 0.224 e. The first-order chi connectivity index (χ1) is 15.1. The summed E-state index contributed by atoms with van der Waals surface area (Å²) in [5, 5.41) is 3.02. The number of rotatable bonds is 8. The summed E-state index contributed by atoms with van der Waals surface area (Å²) in [7, 11) is 1.63. The third-order valence-electron chi connectivity index (χ3n) is 5.16. The fourth-order valence-corrected chi connectivity index (χ4v) is 4.06. The lowest BCUT2D eigenvalue weighted by atomic mass is 10.1. The summed E-state index contributed by atoms with van der Waals surface area (Å²) in [6, 6.07) is 24.0. The van der Waals surface area contributed by atoms with Gasteiger partial charge in [-0.3, -0.25) is 4.79 Å². The number of hydrogen-bond acceptors (Lipinski definition) is 3. The van der Waals surface area contributed by atoms with Crippen LogP contribution in [-0.2, 0) is 24.2 Å². The number of methoxy groups -OCH3 is 1. The maximum Gasteiger partial charge on any atom is 0.224 e. The van der Waals surface area contributed by atoms with Crippen LogP contribution in [0.3, 0.4) is 0 Å². The molecular formula is C25H24BrN3O2. The molecule has 0 fully saturated rings. The van der Waals surface area contributed by atoms with E-state index in [4.69, 9.17) is 9.72 Å². The highest BCUT2D eigenvalue weighted by Crippen LogP contribution is 2.20. The van der Waals surface area contributed by atoms with Crippen molar-refractivity contribution < 1.29 is 9.53 Å². The predicted molar refractivity (Wildman–Crippen MR) is 126 cm³/mol. The molecule has 1 amide bonds. The Labute approximate surface area is 190 Å². The average molecular weight is 478 g/mol. The van der Waals surface area contributed by atoms with Crippen molar-refractivity contribution in [2.24, 2.45) is 0 Å². The van der Waals surface area contributed by atoms with E-state index in [1.54, 1.807) is 7.11 Å². The molecule has 0 unspecified atom stereocenters. The van der Waals surface area contributed by atoms with E-state index < -0.39 is 0 Å². The third kappa shape index (κ3) is 5.33. The van der Waals surface area contributed by atoms with E-state index in [0.717, 1.165) is 39.2 Å². The molecule has 1 N–H and O–H groups in total. The van der Waals surface area contributed by atoms with Crippen molar-refractivity contribution >= 4 is 32.9 Å². The molecule has 4 aromatic rings. The Morgan fingerprint density at radius 2 is 1.84 bits per heavy atom. The number of imidazole rings is 1. The summed E-state index contributed by atoms with van der Waals surface area (Å²) >= 11 is 3.55. The predicted octanol–water partition coefficient (Wildman–Crippen LogP) is 4.76. The average Bonchev–Trinajstić information content (AvgIpc) is 3.11. The van der Waals surface area contributed by atoms with E-state index >= 15 is 0 Å². The Balaban J connectivity index is 1.43. The van der Waals surface area contributed by atoms with Gasteiger partial charge in [-0.15, -0.1) is 0 Å². The fraction of sp³-hybridized carbons (Fsp3) is 0.200. The fourth-order valence-electron chi connectivity index (χ4n) is 3.62. The molecular weight excluding hydrogens is 454 g/mol. The van der Waals surface area contributed by atoms with E-state index in [1.165, 1.54) is 5.56 Å². The van der Waals surface area contributed by atoms with Crippen molar-refractivity contribution in [3.8, 4) is 5.75 Å². The van der Waals surface area contributed by atoms with Crippen molar-refractivity contribution in [1.29, 1.82) is 0 Å². The molecule has 31 heavy (non-hydrogen) atoms. The van der Waals surface area contributed by atoms with Gasteiger partial charge in [0.1, 0.15) is 11.6 Å². The molecule has 0 spiro atoms. The third-order valence-corrected chi connectivity index (χ3v) is 5.65. The summed E-state index contributed by atoms with van der Waals surface area (Å²) in [5.41, 5.74) is 4.22. The molecule has 1 aromatic heterocycles. The molecule has 1 heterocycles. The zero-order valence-corrected chi connectivity index (χ0v) is 18.9. The molecule has 0 aliphatic carbocycles. The molecule has 0 saturated carbocycles. The zero-order valence-electron chi connectivity index (χ0n) is 17.3. The molecule has 0 bridgehead atoms. The second-order valence-electron chi connectivity index (χ2n) is 7.36. The standard InChI is InChI=1S/C25H24BrN3O2/c1-31-21-11-9-18(10-12-21)16-25(30)27-14-13-24-28-22-7-2-3-8-23(22)29(24)17-19-5-4-6-20(26)15-19/h2-12,15H,13-14,16-17H2,1H3,(H,27,30). The highest BCUT2D eigenvalue weighted by molar-refractivity contribution is 9.10. The minimum Gasteiger partial charge on any atom is -0.497 e. The number of para-hydroxylation sites is 2. The lowest BCUT2D eigenvalue weighted by molar-refractivity contribution is -0.120. The minimum atomic E-state index is -0.000169. The number of carbonyl (C=O) groups is 1. The first kappa shape index (κ1) is 21.1. The Morgan fingerprint density at radius 3 is 2.61 bits per heavy atom. The van der Waals surface area contributed by atoms with Gasteiger partial charge in [0.15, 0.2) is 0 Å². The quantitative estimate of drug-likeness (QED) is 0.398. The Hall–Kier alpha value is -3.12. The molecule has 0 aliphatic rings. The Morgan fingerprint density at radius 1 is 1.03 bits per heavy atom. The second-order valence-corrected chi connectivity index (χ2v) is 8.27. The largest absolute Gasteiger partial charge is 0.497 e. The molecule has 0 atom stereocenters. The first-order valence-electron chi connectivity index (χ1n) is 10.2. The van der Waals surface area contributed by atoms with Gasteiger partial charge in [-0.1, -0.05) is 52.3 Å². The van der Waals surface area contributed by atoms with Crippen LogP contribution in [0.2, 0.25) is 0 Å². The molecule has 158 valence electrons. The van der Waals surface area contributed by atoms with Gasteiger partial charge < -0.3 is 14.6 Å². The van der Waals surface area contributed by atoms with Gasteiger partial charge in [0, 0.05) is 24.0 Å². The van der Waals surface area contributed by atoms with Crippen molar-refractivity contribution in [1.82, 2.24) is 14.9 Å². The van der Waals surface area contributed by atoms with Crippen LogP contribution in [0.15, 0.2) is 77.3 Å². The Bertz CT molecular complexity index is 1190. The molecule has 3 aromatic carbocycles. The zero-order chi connectivity index (χ0) is 21.6. The number of fused-ring (bicyclic) bond motifs is 1. The molecule has 4 rings (SSSR count). The molecule has 0 radical (unpaired) electrons. The topological polar surface area (TPSA) is 56.1 Å². The van der Waals surface area contributed by atoms with Crippen LogP contribution in [0.5, 0.6) is 5.75 Å². The summed E-state index contributed by atoms with van der Waals surface area (Å²) < 4.78 is 8.45. The number of hydrogen-bond donors (Lipinski definition) is 1. The van der Waals surface area contributed by atoms with Crippen LogP contribution in [-0.4, -0.2) is 29.1 Å². The van der Waals surface area contributed by atoms with Crippen molar-refractivity contribution in [3.63, 3.8) is 0 Å². The first-order valence-corrected chi connectivity index (χ1v) is 11.0. The highest BCUT2D eigenvalue weighted by atomic mass is 79.9. The number of carbonyl (C=O) groups excluding carboxylic acids is 1. The number of ether oxygens (including phenoxy) is 1. The van der Waals surface area contributed by atoms with E-state index in [-0.39, 0.29) is 5.91 Å². The van der Waals surface area contributed by atoms with Crippen LogP contribution in [0.25, 0.3) is 11.0 Å². The van der Waals surface area contributed by atoms with Crippen LogP contribution in [0, 0.1) is 0 Å². The maximum atomic E-state index is 12.4. The number of aromatic nitrogens is 2. The van der Waals surface area contributed by atoms with Gasteiger partial charge >= 0.3 is 0 Å². The monoisotopic (exact) mass is 477 g/mol. The number of nitrogens with zero attached hydrogens (tertiary/aromatic N) is 2. The van der Waals surface area contributed by atoms with Crippen molar-refractivity contribution in [3.05, 3.63) is 94.2 Å². The van der Waals surface area contributed by atoms with Crippen LogP contribution in [0.4, 0.5) is 0 Å². The van der Waals surface area contributed by atoms with Crippen molar-refractivity contribution in [2.45, 2.75) is 19.4 Å². The maximum absolute atomic E-state index is 12.4. The van der Waals surface area contributed by atoms with E-state index in [1.807, 2.05) is 54.6 Å². The summed E-state index contributed by atoms with van der Waals surface area (Å²) in [6.07, 6.45) is 1.01. The Kier molecular flexibility index (Phi) is 6.67. The van der Waals surface area contributed by atoms with E-state index in [2.05, 4.69) is 44.0 Å². The SMILES string of the molecule is COc1ccc(CC(=O)NCCc2nc3ccccc3n2Cc2cccc(Br)c2)cc1. The minimum absolute atomic E-state index is 0.000169. The molecule has 0 aliphatic heterocycles. The number of halogens is 1. The molecule has 5 nitrogen and oxygen atoms in total. The van der Waals surface area contributed by atoms with E-state index in [9.17, 15) is 4.79 Å². The van der Waals surface area contributed by atoms with Crippen molar-refractivity contribution in [2.75, 3.05) is 13.7 Å². The van der Waals surface area contributed by atoms with E-state index in [0.29, 0.717) is 19.4 Å². The second kappa shape index (κ2) is 9.79. The number of benzene rings is 3. The van der Waals surface area contributed by atoms with Gasteiger partial charge in [-0.25, -0.2) is 4.98 Å². The summed E-state index contributed by atoms with van der Waals surface area (Å²) in [4.78, 5) is 17.2. The summed E-state index contributed by atoms with van der Waals surface area (Å²) in [6.45, 7) is 1.27. The highest BCUT2D eigenvalue weighted by Gasteiger charge is 2.12. The van der Waals surface area contributed by atoms with Crippen LogP contribution >= 0.6 is 15.9 Å².